The summed E-state index contributed by atoms with van der Waals surface area (Å²) in [5.41, 5.74) is 3.38. The van der Waals surface area contributed by atoms with Crippen LogP contribution in [0.25, 0.3) is 0 Å². The number of amides is 2. The summed E-state index contributed by atoms with van der Waals surface area (Å²) in [6.45, 7) is 2.53. The van der Waals surface area contributed by atoms with E-state index < -0.39 is 12.1 Å². The summed E-state index contributed by atoms with van der Waals surface area (Å²) in [4.78, 5) is 38.4. The number of nitrogens with zero attached hydrogens (tertiary/aromatic N) is 4. The fourth-order valence-electron chi connectivity index (χ4n) is 4.29. The number of aryl methyl sites for hydroxylation is 1. The molecule has 0 aliphatic heterocycles. The lowest BCUT2D eigenvalue weighted by Gasteiger charge is -2.29. The van der Waals surface area contributed by atoms with Crippen molar-refractivity contribution in [2.24, 2.45) is 0 Å². The molecule has 4 aromatic rings. The van der Waals surface area contributed by atoms with Gasteiger partial charge >= 0.3 is 0 Å². The zero-order valence-corrected chi connectivity index (χ0v) is 24.2. The molecule has 0 saturated carbocycles. The van der Waals surface area contributed by atoms with Crippen molar-refractivity contribution < 1.29 is 14.7 Å². The summed E-state index contributed by atoms with van der Waals surface area (Å²) in [7, 11) is 3.54. The van der Waals surface area contributed by atoms with Gasteiger partial charge in [-0.15, -0.1) is 11.3 Å². The fourth-order valence-corrected chi connectivity index (χ4v) is 5.28. The second kappa shape index (κ2) is 13.5. The lowest BCUT2D eigenvalue weighted by Crippen LogP contribution is -2.49. The van der Waals surface area contributed by atoms with E-state index in [4.69, 9.17) is 11.6 Å². The summed E-state index contributed by atoms with van der Waals surface area (Å²) >= 11 is 7.60. The average Bonchev–Trinajstić information content (AvgIpc) is 3.36. The Hall–Kier alpha value is -3.79. The Bertz CT molecular complexity index is 1450. The Balaban J connectivity index is 1.48. The lowest BCUT2D eigenvalue weighted by molar-refractivity contribution is 0.0785. The monoisotopic (exact) mass is 577 g/mol. The van der Waals surface area contributed by atoms with Crippen molar-refractivity contribution in [3.05, 3.63) is 111 Å². The Labute approximate surface area is 243 Å². The maximum Gasteiger partial charge on any atom is 0.253 e. The van der Waals surface area contributed by atoms with E-state index in [9.17, 15) is 14.7 Å². The average molecular weight is 578 g/mol. The van der Waals surface area contributed by atoms with Crippen LogP contribution in [0.4, 0.5) is 5.69 Å². The maximum absolute atomic E-state index is 13.4. The zero-order chi connectivity index (χ0) is 28.6. The third-order valence-corrected chi connectivity index (χ3v) is 7.59. The van der Waals surface area contributed by atoms with Gasteiger partial charge < -0.3 is 20.2 Å². The molecule has 0 fully saturated rings. The molecule has 2 aromatic carbocycles. The van der Waals surface area contributed by atoms with Crippen molar-refractivity contribution in [3.8, 4) is 0 Å². The van der Waals surface area contributed by atoms with E-state index in [2.05, 4.69) is 15.3 Å². The summed E-state index contributed by atoms with van der Waals surface area (Å²) in [6, 6.07) is 17.4. The smallest absolute Gasteiger partial charge is 0.253 e. The number of thiazole rings is 1. The van der Waals surface area contributed by atoms with Gasteiger partial charge in [-0.25, -0.2) is 4.98 Å². The zero-order valence-electron chi connectivity index (χ0n) is 22.6. The lowest BCUT2D eigenvalue weighted by atomic mass is 9.99. The van der Waals surface area contributed by atoms with E-state index >= 15 is 0 Å². The minimum Gasteiger partial charge on any atom is -0.389 e. The number of likely N-dealkylation sites (N-methyl/N-ethyl adjacent to an activating group) is 1. The maximum atomic E-state index is 13.4. The van der Waals surface area contributed by atoms with Gasteiger partial charge in [0.2, 0.25) is 0 Å². The third kappa shape index (κ3) is 7.88. The molecule has 2 N–H and O–H groups in total. The predicted molar refractivity (Wildman–Crippen MR) is 159 cm³/mol. The molecule has 0 radical (unpaired) electrons. The second-order valence-corrected chi connectivity index (χ2v) is 11.1. The topological polar surface area (TPSA) is 98.7 Å². The molecule has 8 nitrogen and oxygen atoms in total. The van der Waals surface area contributed by atoms with E-state index in [0.717, 1.165) is 22.0 Å². The van der Waals surface area contributed by atoms with Gasteiger partial charge in [0.05, 0.1) is 35.6 Å². The van der Waals surface area contributed by atoms with Gasteiger partial charge in [0.25, 0.3) is 11.8 Å². The number of benzene rings is 2. The van der Waals surface area contributed by atoms with Crippen molar-refractivity contribution >= 4 is 40.4 Å². The SMILES string of the molecule is Cc1csc(CN(C)C(=O)c2cccc(C(=O)N[C@@H](Cc3ccccc3)[C@H](O)CN(C)c3cncc(Cl)c3)c2)n1. The Morgan fingerprint density at radius 1 is 1.05 bits per heavy atom. The van der Waals surface area contributed by atoms with Gasteiger partial charge in [-0.1, -0.05) is 48.0 Å². The molecule has 0 unspecified atom stereocenters. The molecule has 0 aliphatic rings. The first-order valence-electron chi connectivity index (χ1n) is 12.8. The Morgan fingerprint density at radius 2 is 1.80 bits per heavy atom. The number of hydrogen-bond acceptors (Lipinski definition) is 7. The molecule has 2 aromatic heterocycles. The number of rotatable bonds is 11. The predicted octanol–water partition coefficient (Wildman–Crippen LogP) is 4.61. The molecule has 2 heterocycles. The molecule has 0 saturated heterocycles. The highest BCUT2D eigenvalue weighted by Crippen LogP contribution is 2.19. The molecule has 208 valence electrons. The van der Waals surface area contributed by atoms with E-state index in [0.29, 0.717) is 29.1 Å². The quantitative estimate of drug-likeness (QED) is 0.270. The van der Waals surface area contributed by atoms with Crippen molar-refractivity contribution in [2.75, 3.05) is 25.5 Å². The minimum atomic E-state index is -0.911. The fraction of sp³-hybridized carbons (Fsp3) is 0.267. The molecule has 40 heavy (non-hydrogen) atoms. The van der Waals surface area contributed by atoms with Gasteiger partial charge in [-0.3, -0.25) is 14.6 Å². The molecular formula is C30H32ClN5O3S. The van der Waals surface area contributed by atoms with Gasteiger partial charge in [0, 0.05) is 49.0 Å². The second-order valence-electron chi connectivity index (χ2n) is 9.70. The Kier molecular flexibility index (Phi) is 9.87. The van der Waals surface area contributed by atoms with Crippen LogP contribution in [0, 0.1) is 6.92 Å². The number of aliphatic hydroxyl groups is 1. The highest BCUT2D eigenvalue weighted by Gasteiger charge is 2.25. The molecule has 0 spiro atoms. The van der Waals surface area contributed by atoms with Crippen LogP contribution in [0.15, 0.2) is 78.4 Å². The molecule has 0 aliphatic carbocycles. The van der Waals surface area contributed by atoms with Crippen LogP contribution in [0.5, 0.6) is 0 Å². The first kappa shape index (κ1) is 29.2. The first-order chi connectivity index (χ1) is 19.2. The minimum absolute atomic E-state index is 0.208. The van der Waals surface area contributed by atoms with Crippen LogP contribution < -0.4 is 10.2 Å². The number of hydrogen-bond donors (Lipinski definition) is 2. The van der Waals surface area contributed by atoms with E-state index in [1.807, 2.05) is 54.6 Å². The molecule has 2 atom stereocenters. The summed E-state index contributed by atoms with van der Waals surface area (Å²) in [5.74, 6) is -0.583. The van der Waals surface area contributed by atoms with E-state index in [-0.39, 0.29) is 18.4 Å². The van der Waals surface area contributed by atoms with E-state index in [1.165, 1.54) is 11.3 Å². The summed E-state index contributed by atoms with van der Waals surface area (Å²) in [6.07, 6.45) is 2.72. The normalized spacial score (nSPS) is 12.4. The van der Waals surface area contributed by atoms with E-state index in [1.54, 1.807) is 54.7 Å². The summed E-state index contributed by atoms with van der Waals surface area (Å²) in [5, 5.41) is 17.5. The number of carbonyl (C=O) groups is 2. The number of aromatic nitrogens is 2. The van der Waals surface area contributed by atoms with Gasteiger partial charge in [-0.05, 0) is 43.2 Å². The standard InChI is InChI=1S/C30H32ClN5O3S/c1-20-19-40-28(33-20)18-36(3)30(39)23-11-7-10-22(13-23)29(38)34-26(12-21-8-5-4-6-9-21)27(37)17-35(2)25-14-24(31)15-32-16-25/h4-11,13-16,19,26-27,37H,12,17-18H2,1-3H3,(H,34,38)/t26-,27+/m0/s1. The summed E-state index contributed by atoms with van der Waals surface area (Å²) < 4.78 is 0. The molecular weight excluding hydrogens is 546 g/mol. The van der Waals surface area contributed by atoms with Crippen molar-refractivity contribution in [3.63, 3.8) is 0 Å². The molecule has 0 bridgehead atoms. The largest absolute Gasteiger partial charge is 0.389 e. The number of nitrogens with one attached hydrogen (secondary N) is 1. The highest BCUT2D eigenvalue weighted by molar-refractivity contribution is 7.09. The van der Waals surface area contributed by atoms with Gasteiger partial charge in [-0.2, -0.15) is 0 Å². The van der Waals surface area contributed by atoms with Crippen LogP contribution in [0.1, 0.15) is 37.0 Å². The number of anilines is 1. The molecule has 2 amide bonds. The molecule has 4 rings (SSSR count). The van der Waals surface area contributed by atoms with Crippen LogP contribution in [0.3, 0.4) is 0 Å². The first-order valence-corrected chi connectivity index (χ1v) is 14.1. The van der Waals surface area contributed by atoms with Crippen molar-refractivity contribution in [2.45, 2.75) is 32.0 Å². The number of aliphatic hydroxyl groups excluding tert-OH is 1. The third-order valence-electron chi connectivity index (χ3n) is 6.43. The van der Waals surface area contributed by atoms with Crippen LogP contribution in [0.2, 0.25) is 5.02 Å². The highest BCUT2D eigenvalue weighted by atomic mass is 35.5. The number of pyridine rings is 1. The Morgan fingerprint density at radius 3 is 2.50 bits per heavy atom. The van der Waals surface area contributed by atoms with Gasteiger partial charge in [0.1, 0.15) is 5.01 Å². The van der Waals surface area contributed by atoms with Gasteiger partial charge in [0.15, 0.2) is 0 Å². The number of carbonyl (C=O) groups excluding carboxylic acids is 2. The van der Waals surface area contributed by atoms with Crippen LogP contribution >= 0.6 is 22.9 Å². The van der Waals surface area contributed by atoms with Crippen LogP contribution in [-0.4, -0.2) is 64.6 Å². The molecule has 10 heteroatoms. The van der Waals surface area contributed by atoms with Crippen LogP contribution in [-0.2, 0) is 13.0 Å². The van der Waals surface area contributed by atoms with Crippen molar-refractivity contribution in [1.29, 1.82) is 0 Å². The number of halogens is 1. The van der Waals surface area contributed by atoms with Crippen molar-refractivity contribution in [1.82, 2.24) is 20.2 Å².